The van der Waals surface area contributed by atoms with E-state index in [9.17, 15) is 9.90 Å². The molecule has 22 heavy (non-hydrogen) atoms. The Morgan fingerprint density at radius 3 is 2.82 bits per heavy atom. The lowest BCUT2D eigenvalue weighted by molar-refractivity contribution is 0.153. The monoisotopic (exact) mass is 305 g/mol. The molecule has 2 aliphatic rings. The number of aromatic nitrogens is 1. The van der Waals surface area contributed by atoms with E-state index in [4.69, 9.17) is 0 Å². The number of aliphatic hydroxyl groups excluding tert-OH is 1. The molecular formula is C17H27N3O2. The van der Waals surface area contributed by atoms with Crippen LogP contribution in [0.2, 0.25) is 0 Å². The van der Waals surface area contributed by atoms with E-state index >= 15 is 0 Å². The number of carbonyl (C=O) groups is 1. The van der Waals surface area contributed by atoms with E-state index in [1.54, 1.807) is 0 Å². The van der Waals surface area contributed by atoms with E-state index in [2.05, 4.69) is 5.32 Å². The first-order valence-electron chi connectivity index (χ1n) is 8.47. The van der Waals surface area contributed by atoms with Gasteiger partial charge in [-0.25, -0.2) is 4.79 Å². The number of β-amino-alcohol motifs (C(OH)–C–C–N with tert-alkyl or cyclic N) is 1. The zero-order chi connectivity index (χ0) is 15.5. The number of hydrogen-bond donors (Lipinski definition) is 2. The number of rotatable bonds is 3. The molecule has 1 saturated carbocycles. The molecule has 1 aromatic rings. The highest BCUT2D eigenvalue weighted by Gasteiger charge is 2.39. The molecule has 1 aromatic heterocycles. The molecule has 0 spiro atoms. The van der Waals surface area contributed by atoms with Gasteiger partial charge in [0.05, 0.1) is 6.10 Å². The Labute approximate surface area is 132 Å². The molecule has 0 radical (unpaired) electrons. The Morgan fingerprint density at radius 2 is 2.14 bits per heavy atom. The van der Waals surface area contributed by atoms with Gasteiger partial charge in [0.15, 0.2) is 0 Å². The average molecular weight is 305 g/mol. The molecule has 1 saturated heterocycles. The second-order valence-corrected chi connectivity index (χ2v) is 6.85. The molecule has 0 aromatic carbocycles. The predicted molar refractivity (Wildman–Crippen MR) is 85.3 cm³/mol. The second-order valence-electron chi connectivity index (χ2n) is 6.85. The fourth-order valence-electron chi connectivity index (χ4n) is 3.99. The molecule has 0 bridgehead atoms. The maximum absolute atomic E-state index is 12.5. The van der Waals surface area contributed by atoms with Crippen LogP contribution in [0.5, 0.6) is 0 Å². The van der Waals surface area contributed by atoms with Crippen molar-refractivity contribution in [1.82, 2.24) is 14.8 Å². The quantitative estimate of drug-likeness (QED) is 0.900. The van der Waals surface area contributed by atoms with Crippen molar-refractivity contribution in [2.75, 3.05) is 6.54 Å². The Hall–Kier alpha value is -1.49. The smallest absolute Gasteiger partial charge is 0.318 e. The third-order valence-corrected chi connectivity index (χ3v) is 5.11. The van der Waals surface area contributed by atoms with Crippen LogP contribution in [0, 0.1) is 5.92 Å². The van der Waals surface area contributed by atoms with Crippen LogP contribution in [-0.2, 0) is 13.6 Å². The third kappa shape index (κ3) is 3.46. The summed E-state index contributed by atoms with van der Waals surface area (Å²) in [4.78, 5) is 14.4. The van der Waals surface area contributed by atoms with Gasteiger partial charge < -0.3 is 19.9 Å². The number of likely N-dealkylation sites (tertiary alicyclic amines) is 1. The lowest BCUT2D eigenvalue weighted by Crippen LogP contribution is -2.46. The SMILES string of the molecule is Cn1ccc(CNC(=O)N2C[C@@H](O)C[C@@H]2C2CCCCC2)c1. The maximum Gasteiger partial charge on any atom is 0.318 e. The Morgan fingerprint density at radius 1 is 1.36 bits per heavy atom. The van der Waals surface area contributed by atoms with Crippen LogP contribution in [0.4, 0.5) is 4.79 Å². The number of aryl methyl sites for hydroxylation is 1. The molecule has 2 heterocycles. The van der Waals surface area contributed by atoms with E-state index in [-0.39, 0.29) is 18.2 Å². The molecule has 1 aliphatic carbocycles. The molecule has 3 rings (SSSR count). The van der Waals surface area contributed by atoms with Crippen LogP contribution in [0.3, 0.4) is 0 Å². The van der Waals surface area contributed by atoms with Crippen molar-refractivity contribution in [2.24, 2.45) is 13.0 Å². The van der Waals surface area contributed by atoms with Crippen LogP contribution in [0.25, 0.3) is 0 Å². The molecule has 2 atom stereocenters. The zero-order valence-corrected chi connectivity index (χ0v) is 13.4. The van der Waals surface area contributed by atoms with E-state index in [1.807, 2.05) is 35.0 Å². The number of hydrogen-bond acceptors (Lipinski definition) is 2. The first-order chi connectivity index (χ1) is 10.6. The number of amides is 2. The molecule has 2 amide bonds. The highest BCUT2D eigenvalue weighted by Crippen LogP contribution is 2.34. The Balaban J connectivity index is 1.59. The largest absolute Gasteiger partial charge is 0.391 e. The van der Waals surface area contributed by atoms with Gasteiger partial charge in [-0.1, -0.05) is 19.3 Å². The van der Waals surface area contributed by atoms with Gasteiger partial charge in [0, 0.05) is 38.6 Å². The van der Waals surface area contributed by atoms with Crippen molar-refractivity contribution in [1.29, 1.82) is 0 Å². The number of nitrogens with zero attached hydrogens (tertiary/aromatic N) is 2. The molecule has 5 heteroatoms. The Kier molecular flexibility index (Phi) is 4.71. The van der Waals surface area contributed by atoms with Crippen LogP contribution < -0.4 is 5.32 Å². The van der Waals surface area contributed by atoms with E-state index in [0.29, 0.717) is 19.0 Å². The summed E-state index contributed by atoms with van der Waals surface area (Å²) < 4.78 is 1.98. The molecule has 5 nitrogen and oxygen atoms in total. The summed E-state index contributed by atoms with van der Waals surface area (Å²) in [6.07, 6.45) is 10.6. The predicted octanol–water partition coefficient (Wildman–Crippen LogP) is 2.25. The summed E-state index contributed by atoms with van der Waals surface area (Å²) in [5.41, 5.74) is 1.10. The van der Waals surface area contributed by atoms with Crippen molar-refractivity contribution in [3.8, 4) is 0 Å². The highest BCUT2D eigenvalue weighted by atomic mass is 16.3. The number of aliphatic hydroxyl groups is 1. The molecule has 122 valence electrons. The van der Waals surface area contributed by atoms with Gasteiger partial charge in [-0.05, 0) is 36.8 Å². The summed E-state index contributed by atoms with van der Waals surface area (Å²) in [6, 6.07) is 2.19. The van der Waals surface area contributed by atoms with Gasteiger partial charge in [-0.2, -0.15) is 0 Å². The standard InChI is InChI=1S/C17H27N3O2/c1-19-8-7-13(11-19)10-18-17(22)20-12-15(21)9-16(20)14-5-3-2-4-6-14/h7-8,11,14-16,21H,2-6,9-10,12H2,1H3,(H,18,22)/t15-,16+/m0/s1. The first-order valence-corrected chi connectivity index (χ1v) is 8.47. The molecule has 1 aliphatic heterocycles. The maximum atomic E-state index is 12.5. The minimum Gasteiger partial charge on any atom is -0.391 e. The summed E-state index contributed by atoms with van der Waals surface area (Å²) in [7, 11) is 1.97. The van der Waals surface area contributed by atoms with Crippen LogP contribution in [0.15, 0.2) is 18.5 Å². The fourth-order valence-corrected chi connectivity index (χ4v) is 3.99. The minimum atomic E-state index is -0.366. The first kappa shape index (κ1) is 15.4. The van der Waals surface area contributed by atoms with Gasteiger partial charge in [-0.15, -0.1) is 0 Å². The van der Waals surface area contributed by atoms with Gasteiger partial charge in [0.25, 0.3) is 0 Å². The minimum absolute atomic E-state index is 0.0315. The average Bonchev–Trinajstić information content (AvgIpc) is 3.11. The Bertz CT molecular complexity index is 508. The molecule has 2 N–H and O–H groups in total. The van der Waals surface area contributed by atoms with Crippen LogP contribution in [0.1, 0.15) is 44.1 Å². The van der Waals surface area contributed by atoms with Crippen molar-refractivity contribution in [3.63, 3.8) is 0 Å². The van der Waals surface area contributed by atoms with Crippen LogP contribution >= 0.6 is 0 Å². The van der Waals surface area contributed by atoms with Gasteiger partial charge in [-0.3, -0.25) is 0 Å². The summed E-state index contributed by atoms with van der Waals surface area (Å²) in [5, 5.41) is 13.0. The van der Waals surface area contributed by atoms with Gasteiger partial charge in [0.1, 0.15) is 0 Å². The lowest BCUT2D eigenvalue weighted by Gasteiger charge is -2.33. The van der Waals surface area contributed by atoms with Crippen LogP contribution in [-0.4, -0.2) is 39.3 Å². The third-order valence-electron chi connectivity index (χ3n) is 5.11. The molecule has 2 fully saturated rings. The van der Waals surface area contributed by atoms with Gasteiger partial charge >= 0.3 is 6.03 Å². The van der Waals surface area contributed by atoms with Crippen molar-refractivity contribution in [3.05, 3.63) is 24.0 Å². The van der Waals surface area contributed by atoms with E-state index in [0.717, 1.165) is 12.0 Å². The summed E-state index contributed by atoms with van der Waals surface area (Å²) in [6.45, 7) is 1.02. The topological polar surface area (TPSA) is 57.5 Å². The normalized spacial score (nSPS) is 26.4. The van der Waals surface area contributed by atoms with Crippen molar-refractivity contribution in [2.45, 2.75) is 57.2 Å². The molecule has 0 unspecified atom stereocenters. The second kappa shape index (κ2) is 6.73. The number of nitrogens with one attached hydrogen (secondary N) is 1. The van der Waals surface area contributed by atoms with E-state index in [1.165, 1.54) is 32.1 Å². The highest BCUT2D eigenvalue weighted by molar-refractivity contribution is 5.75. The lowest BCUT2D eigenvalue weighted by atomic mass is 9.83. The van der Waals surface area contributed by atoms with Gasteiger partial charge in [0.2, 0.25) is 0 Å². The zero-order valence-electron chi connectivity index (χ0n) is 13.4. The fraction of sp³-hybridized carbons (Fsp3) is 0.706. The van der Waals surface area contributed by atoms with Crippen molar-refractivity contribution < 1.29 is 9.90 Å². The van der Waals surface area contributed by atoms with Crippen molar-refractivity contribution >= 4 is 6.03 Å². The summed E-state index contributed by atoms with van der Waals surface area (Å²) >= 11 is 0. The summed E-state index contributed by atoms with van der Waals surface area (Å²) in [5.74, 6) is 0.563. The number of carbonyl (C=O) groups excluding carboxylic acids is 1. The number of urea groups is 1. The molecular weight excluding hydrogens is 278 g/mol. The van der Waals surface area contributed by atoms with E-state index < -0.39 is 0 Å².